The van der Waals surface area contributed by atoms with E-state index in [0.717, 1.165) is 12.8 Å². The van der Waals surface area contributed by atoms with E-state index in [2.05, 4.69) is 0 Å². The van der Waals surface area contributed by atoms with Gasteiger partial charge in [0.2, 0.25) is 11.8 Å². The molecule has 1 aliphatic carbocycles. The molecule has 1 N–H and O–H groups in total. The lowest BCUT2D eigenvalue weighted by molar-refractivity contribution is -0.137. The zero-order valence-corrected chi connectivity index (χ0v) is 11.3. The second-order valence-corrected chi connectivity index (χ2v) is 6.19. The van der Waals surface area contributed by atoms with Gasteiger partial charge in [-0.15, -0.1) is 0 Å². The largest absolute Gasteiger partial charge is 0.389 e. The molecular formula is C13H22N2O3. The first-order chi connectivity index (χ1) is 8.28. The Morgan fingerprint density at radius 2 is 2.11 bits per heavy atom. The van der Waals surface area contributed by atoms with Crippen molar-refractivity contribution in [1.29, 1.82) is 0 Å². The molecule has 0 spiro atoms. The van der Waals surface area contributed by atoms with Crippen molar-refractivity contribution in [2.75, 3.05) is 20.1 Å². The number of carbonyl (C=O) groups excluding carboxylic acids is 2. The van der Waals surface area contributed by atoms with E-state index in [1.807, 2.05) is 4.90 Å². The van der Waals surface area contributed by atoms with Crippen molar-refractivity contribution >= 4 is 11.8 Å². The minimum absolute atomic E-state index is 0.0337. The van der Waals surface area contributed by atoms with Crippen LogP contribution in [0, 0.1) is 5.92 Å². The van der Waals surface area contributed by atoms with Crippen LogP contribution in [-0.4, -0.2) is 58.5 Å². The molecule has 5 heteroatoms. The molecular weight excluding hydrogens is 232 g/mol. The van der Waals surface area contributed by atoms with Gasteiger partial charge < -0.3 is 14.9 Å². The van der Waals surface area contributed by atoms with E-state index in [0.29, 0.717) is 25.6 Å². The van der Waals surface area contributed by atoms with E-state index in [9.17, 15) is 14.7 Å². The highest BCUT2D eigenvalue weighted by Crippen LogP contribution is 2.33. The molecule has 0 aromatic heterocycles. The third-order valence-corrected chi connectivity index (χ3v) is 3.50. The fraction of sp³-hybridized carbons (Fsp3) is 0.846. The van der Waals surface area contributed by atoms with E-state index in [1.165, 1.54) is 4.90 Å². The quantitative estimate of drug-likeness (QED) is 0.781. The molecule has 2 rings (SSSR count). The molecule has 2 fully saturated rings. The molecule has 0 aromatic carbocycles. The van der Waals surface area contributed by atoms with Crippen molar-refractivity contribution < 1.29 is 14.7 Å². The molecule has 5 nitrogen and oxygen atoms in total. The van der Waals surface area contributed by atoms with Gasteiger partial charge in [0.1, 0.15) is 0 Å². The van der Waals surface area contributed by atoms with Crippen LogP contribution in [0.15, 0.2) is 0 Å². The molecule has 2 aliphatic rings. The van der Waals surface area contributed by atoms with E-state index in [4.69, 9.17) is 0 Å². The van der Waals surface area contributed by atoms with Crippen LogP contribution in [-0.2, 0) is 9.59 Å². The number of likely N-dealkylation sites (N-methyl/N-ethyl adjacent to an activating group) is 1. The van der Waals surface area contributed by atoms with Crippen molar-refractivity contribution in [2.24, 2.45) is 5.92 Å². The summed E-state index contributed by atoms with van der Waals surface area (Å²) >= 11 is 0. The summed E-state index contributed by atoms with van der Waals surface area (Å²) in [5.74, 6) is -0.161. The monoisotopic (exact) mass is 254 g/mol. The minimum Gasteiger partial charge on any atom is -0.389 e. The van der Waals surface area contributed by atoms with Crippen molar-refractivity contribution in [1.82, 2.24) is 9.80 Å². The van der Waals surface area contributed by atoms with E-state index in [1.54, 1.807) is 20.9 Å². The van der Waals surface area contributed by atoms with Gasteiger partial charge in [0, 0.05) is 32.6 Å². The average molecular weight is 254 g/mol. The number of aliphatic hydroxyl groups is 1. The number of hydrogen-bond acceptors (Lipinski definition) is 3. The third kappa shape index (κ3) is 3.02. The van der Waals surface area contributed by atoms with Gasteiger partial charge in [-0.3, -0.25) is 9.59 Å². The molecule has 1 saturated heterocycles. The van der Waals surface area contributed by atoms with Crippen LogP contribution in [0.4, 0.5) is 0 Å². The molecule has 1 aliphatic heterocycles. The summed E-state index contributed by atoms with van der Waals surface area (Å²) in [6.45, 7) is 4.19. The van der Waals surface area contributed by atoms with Gasteiger partial charge in [-0.2, -0.15) is 0 Å². The van der Waals surface area contributed by atoms with Crippen LogP contribution in [0.3, 0.4) is 0 Å². The highest BCUT2D eigenvalue weighted by molar-refractivity contribution is 5.89. The van der Waals surface area contributed by atoms with Crippen LogP contribution in [0.5, 0.6) is 0 Å². The zero-order chi connectivity index (χ0) is 13.5. The lowest BCUT2D eigenvalue weighted by atomic mass is 10.1. The summed E-state index contributed by atoms with van der Waals surface area (Å²) in [6.07, 6.45) is 2.48. The second kappa shape index (κ2) is 4.53. The molecule has 2 amide bonds. The lowest BCUT2D eigenvalue weighted by Gasteiger charge is -2.27. The predicted molar refractivity (Wildman–Crippen MR) is 66.8 cm³/mol. The highest BCUT2D eigenvalue weighted by atomic mass is 16.3. The van der Waals surface area contributed by atoms with Crippen LogP contribution < -0.4 is 0 Å². The lowest BCUT2D eigenvalue weighted by Crippen LogP contribution is -2.43. The van der Waals surface area contributed by atoms with E-state index < -0.39 is 5.60 Å². The summed E-state index contributed by atoms with van der Waals surface area (Å²) in [5, 5.41) is 9.71. The second-order valence-electron chi connectivity index (χ2n) is 6.19. The Kier molecular flexibility index (Phi) is 3.36. The molecule has 1 saturated carbocycles. The SMILES string of the molecule is CN(CC(C)(C)O)C(=O)C1CC(=O)N(C2CC2)C1. The van der Waals surface area contributed by atoms with Crippen LogP contribution in [0.1, 0.15) is 33.1 Å². The highest BCUT2D eigenvalue weighted by Gasteiger charge is 2.42. The maximum Gasteiger partial charge on any atom is 0.227 e. The Labute approximate surface area is 108 Å². The molecule has 102 valence electrons. The Morgan fingerprint density at radius 3 is 2.61 bits per heavy atom. The molecule has 18 heavy (non-hydrogen) atoms. The van der Waals surface area contributed by atoms with Gasteiger partial charge in [-0.25, -0.2) is 0 Å². The number of rotatable bonds is 4. The topological polar surface area (TPSA) is 60.9 Å². The first-order valence-corrected chi connectivity index (χ1v) is 6.55. The van der Waals surface area contributed by atoms with Gasteiger partial charge in [0.15, 0.2) is 0 Å². The minimum atomic E-state index is -0.900. The first kappa shape index (κ1) is 13.3. The van der Waals surface area contributed by atoms with Gasteiger partial charge in [0.25, 0.3) is 0 Å². The molecule has 0 radical (unpaired) electrons. The number of amides is 2. The first-order valence-electron chi connectivity index (χ1n) is 6.55. The Morgan fingerprint density at radius 1 is 1.50 bits per heavy atom. The molecule has 1 heterocycles. The summed E-state index contributed by atoms with van der Waals surface area (Å²) < 4.78 is 0. The Bertz CT molecular complexity index is 358. The average Bonchev–Trinajstić information content (AvgIpc) is 2.99. The van der Waals surface area contributed by atoms with Gasteiger partial charge in [-0.05, 0) is 26.7 Å². The molecule has 0 aromatic rings. The summed E-state index contributed by atoms with van der Waals surface area (Å²) in [5.41, 5.74) is -0.900. The molecule has 0 bridgehead atoms. The summed E-state index contributed by atoms with van der Waals surface area (Å²) in [6, 6.07) is 0.384. The fourth-order valence-electron chi connectivity index (χ4n) is 2.61. The maximum absolute atomic E-state index is 12.2. The van der Waals surface area contributed by atoms with Crippen molar-refractivity contribution in [3.8, 4) is 0 Å². The standard InChI is InChI=1S/C13H22N2O3/c1-13(2,18)8-14(3)12(17)9-6-11(16)15(7-9)10-4-5-10/h9-10,18H,4-8H2,1-3H3. The zero-order valence-electron chi connectivity index (χ0n) is 11.3. The van der Waals surface area contributed by atoms with Gasteiger partial charge in [-0.1, -0.05) is 0 Å². The smallest absolute Gasteiger partial charge is 0.227 e. The Hall–Kier alpha value is -1.10. The number of nitrogens with zero attached hydrogens (tertiary/aromatic N) is 2. The van der Waals surface area contributed by atoms with Gasteiger partial charge in [0.05, 0.1) is 11.5 Å². The van der Waals surface area contributed by atoms with Crippen LogP contribution in [0.25, 0.3) is 0 Å². The third-order valence-electron chi connectivity index (χ3n) is 3.50. The molecule has 1 atom stereocenters. The Balaban J connectivity index is 1.92. The van der Waals surface area contributed by atoms with Crippen LogP contribution in [0.2, 0.25) is 0 Å². The number of carbonyl (C=O) groups is 2. The maximum atomic E-state index is 12.2. The predicted octanol–water partition coefficient (Wildman–Crippen LogP) is 0.227. The van der Waals surface area contributed by atoms with Crippen molar-refractivity contribution in [3.63, 3.8) is 0 Å². The fourth-order valence-corrected chi connectivity index (χ4v) is 2.61. The normalized spacial score (nSPS) is 24.6. The van der Waals surface area contributed by atoms with Crippen LogP contribution >= 0.6 is 0 Å². The van der Waals surface area contributed by atoms with Crippen molar-refractivity contribution in [3.05, 3.63) is 0 Å². The van der Waals surface area contributed by atoms with Gasteiger partial charge >= 0.3 is 0 Å². The van der Waals surface area contributed by atoms with E-state index in [-0.39, 0.29) is 17.7 Å². The summed E-state index contributed by atoms with van der Waals surface area (Å²) in [4.78, 5) is 27.4. The number of likely N-dealkylation sites (tertiary alicyclic amines) is 1. The van der Waals surface area contributed by atoms with E-state index >= 15 is 0 Å². The van der Waals surface area contributed by atoms with Crippen molar-refractivity contribution in [2.45, 2.75) is 44.8 Å². The summed E-state index contributed by atoms with van der Waals surface area (Å²) in [7, 11) is 1.69. The number of hydrogen-bond donors (Lipinski definition) is 1. The molecule has 1 unspecified atom stereocenters.